The molecule has 47 heavy (non-hydrogen) atoms. The summed E-state index contributed by atoms with van der Waals surface area (Å²) in [6.07, 6.45) is 7.57. The van der Waals surface area contributed by atoms with Gasteiger partial charge in [-0.1, -0.05) is 105 Å². The zero-order chi connectivity index (χ0) is 32.6. The van der Waals surface area contributed by atoms with Crippen LogP contribution in [0.4, 0.5) is 0 Å². The molecular formula is C40H55N7. The summed E-state index contributed by atoms with van der Waals surface area (Å²) in [5.41, 5.74) is 10.6. The van der Waals surface area contributed by atoms with Crippen LogP contribution in [-0.4, -0.2) is 95.0 Å². The quantitative estimate of drug-likeness (QED) is 0.218. The number of hydrogen-bond donors (Lipinski definition) is 2. The number of nitrogens with two attached hydrogens (primary N) is 1. The summed E-state index contributed by atoms with van der Waals surface area (Å²) in [5, 5.41) is 9.60. The van der Waals surface area contributed by atoms with Gasteiger partial charge < -0.3 is 20.4 Å². The van der Waals surface area contributed by atoms with Gasteiger partial charge in [-0.3, -0.25) is 15.3 Å². The first kappa shape index (κ1) is 33.1. The van der Waals surface area contributed by atoms with Crippen molar-refractivity contribution < 1.29 is 0 Å². The van der Waals surface area contributed by atoms with E-state index in [-0.39, 0.29) is 6.04 Å². The minimum Gasteiger partial charge on any atom is -0.370 e. The van der Waals surface area contributed by atoms with E-state index < -0.39 is 0 Å². The van der Waals surface area contributed by atoms with Gasteiger partial charge in [-0.2, -0.15) is 0 Å². The van der Waals surface area contributed by atoms with Crippen LogP contribution in [0.3, 0.4) is 0 Å². The minimum absolute atomic E-state index is 0.226. The lowest BCUT2D eigenvalue weighted by Gasteiger charge is -2.37. The van der Waals surface area contributed by atoms with Crippen LogP contribution in [0.25, 0.3) is 0 Å². The molecule has 0 amide bonds. The predicted molar refractivity (Wildman–Crippen MR) is 195 cm³/mol. The molecule has 0 bridgehead atoms. The van der Waals surface area contributed by atoms with Gasteiger partial charge in [0.25, 0.3) is 0 Å². The number of aliphatic imine (C=N–C) groups is 1. The number of benzene rings is 3. The molecule has 3 aromatic rings. The predicted octanol–water partition coefficient (Wildman–Crippen LogP) is 5.90. The molecule has 0 aromatic heterocycles. The van der Waals surface area contributed by atoms with Crippen molar-refractivity contribution in [2.75, 3.05) is 39.3 Å². The van der Waals surface area contributed by atoms with Crippen molar-refractivity contribution in [2.24, 2.45) is 16.6 Å². The Hall–Kier alpha value is -3.84. The van der Waals surface area contributed by atoms with Crippen LogP contribution < -0.4 is 5.73 Å². The minimum atomic E-state index is 0.226. The molecule has 3 aliphatic heterocycles. The van der Waals surface area contributed by atoms with E-state index in [1.807, 2.05) is 0 Å². The first-order chi connectivity index (χ1) is 22.9. The van der Waals surface area contributed by atoms with E-state index in [4.69, 9.17) is 10.7 Å². The van der Waals surface area contributed by atoms with Crippen LogP contribution in [0.15, 0.2) is 96.0 Å². The molecule has 0 aliphatic carbocycles. The van der Waals surface area contributed by atoms with Gasteiger partial charge in [-0.05, 0) is 74.1 Å². The van der Waals surface area contributed by atoms with E-state index in [1.165, 1.54) is 36.0 Å². The Morgan fingerprint density at radius 2 is 1.43 bits per heavy atom. The Labute approximate surface area is 283 Å². The van der Waals surface area contributed by atoms with E-state index in [2.05, 4.69) is 124 Å². The topological polar surface area (TPSA) is 75.2 Å². The van der Waals surface area contributed by atoms with Crippen molar-refractivity contribution in [1.82, 2.24) is 19.6 Å². The summed E-state index contributed by atoms with van der Waals surface area (Å²) in [4.78, 5) is 14.7. The highest BCUT2D eigenvalue weighted by atomic mass is 15.5. The van der Waals surface area contributed by atoms with Crippen molar-refractivity contribution in [3.05, 3.63) is 108 Å². The number of nitrogens with one attached hydrogen (secondary N) is 1. The van der Waals surface area contributed by atoms with Gasteiger partial charge in [0, 0.05) is 38.3 Å². The zero-order valence-corrected chi connectivity index (χ0v) is 28.6. The van der Waals surface area contributed by atoms with E-state index in [1.54, 1.807) is 0 Å². The Balaban J connectivity index is 1.20. The summed E-state index contributed by atoms with van der Waals surface area (Å²) in [6.45, 7) is 10.2. The Morgan fingerprint density at radius 1 is 0.809 bits per heavy atom. The van der Waals surface area contributed by atoms with Gasteiger partial charge in [0.15, 0.2) is 11.9 Å². The van der Waals surface area contributed by atoms with Gasteiger partial charge in [-0.15, -0.1) is 0 Å². The average Bonchev–Trinajstić information content (AvgIpc) is 3.76. The lowest BCUT2D eigenvalue weighted by atomic mass is 10.0. The molecule has 7 heteroatoms. The Bertz CT molecular complexity index is 1430. The highest BCUT2D eigenvalue weighted by molar-refractivity contribution is 5.80. The summed E-state index contributed by atoms with van der Waals surface area (Å²) in [6, 6.07) is 33.8. The number of guanidine groups is 2. The maximum absolute atomic E-state index is 9.60. The smallest absolute Gasteiger partial charge is 0.194 e. The van der Waals surface area contributed by atoms with Crippen LogP contribution in [0, 0.1) is 11.3 Å². The molecule has 0 spiro atoms. The van der Waals surface area contributed by atoms with Gasteiger partial charge in [0.1, 0.15) is 0 Å². The molecule has 0 saturated carbocycles. The molecule has 4 atom stereocenters. The molecule has 3 heterocycles. The standard InChI is InChI=1S/C40H55N7/c1-31(2)14-12-23-45-38(26-34-19-10-5-11-20-34)30-47(40(45)42)37(25-33-17-8-4-9-18-33)28-44-22-13-21-35(44)29-46-36(27-43-39(46)41)24-32-15-6-3-7-16-32/h3-11,15-20,31,35-38,42H,12-14,21-30H2,1-2H3,(H2,41,43)/t35?,36-,37-,38-/m0/s1. The van der Waals surface area contributed by atoms with Crippen molar-refractivity contribution in [3.8, 4) is 0 Å². The molecule has 2 saturated heterocycles. The maximum Gasteiger partial charge on any atom is 0.194 e. The fraction of sp³-hybridized carbons (Fsp3) is 0.500. The van der Waals surface area contributed by atoms with Gasteiger partial charge in [-0.25, -0.2) is 0 Å². The molecule has 3 aromatic carbocycles. The number of hydrogen-bond acceptors (Lipinski definition) is 5. The van der Waals surface area contributed by atoms with E-state index in [9.17, 15) is 5.41 Å². The molecule has 3 aliphatic rings. The molecule has 0 radical (unpaired) electrons. The third-order valence-corrected chi connectivity index (χ3v) is 10.5. The molecule has 6 rings (SSSR count). The normalized spacial score (nSPS) is 22.4. The number of likely N-dealkylation sites (tertiary alicyclic amines) is 1. The largest absolute Gasteiger partial charge is 0.370 e. The fourth-order valence-electron chi connectivity index (χ4n) is 7.97. The SMILES string of the molecule is CC(C)CCCN1C(=N)N([C@@H](Cc2ccccc2)CN2CCCC2CN2C(N)=NC[C@@H]2Cc2ccccc2)C[C@@H]1Cc1ccccc1. The Morgan fingerprint density at radius 3 is 2.06 bits per heavy atom. The average molecular weight is 634 g/mol. The molecule has 250 valence electrons. The lowest BCUT2D eigenvalue weighted by molar-refractivity contribution is 0.157. The highest BCUT2D eigenvalue weighted by Gasteiger charge is 2.40. The van der Waals surface area contributed by atoms with Crippen LogP contribution in [-0.2, 0) is 19.3 Å². The second kappa shape index (κ2) is 15.8. The highest BCUT2D eigenvalue weighted by Crippen LogP contribution is 2.28. The first-order valence-corrected chi connectivity index (χ1v) is 18.0. The third kappa shape index (κ3) is 8.55. The maximum atomic E-state index is 9.60. The van der Waals surface area contributed by atoms with Crippen LogP contribution in [0.2, 0.25) is 0 Å². The molecule has 3 N–H and O–H groups in total. The van der Waals surface area contributed by atoms with E-state index >= 15 is 0 Å². The zero-order valence-electron chi connectivity index (χ0n) is 28.6. The number of rotatable bonds is 15. The first-order valence-electron chi connectivity index (χ1n) is 18.0. The molecular weight excluding hydrogens is 578 g/mol. The lowest BCUT2D eigenvalue weighted by Crippen LogP contribution is -2.52. The second-order valence-corrected chi connectivity index (χ2v) is 14.4. The van der Waals surface area contributed by atoms with Gasteiger partial charge >= 0.3 is 0 Å². The number of nitrogens with zero attached hydrogens (tertiary/aromatic N) is 5. The summed E-state index contributed by atoms with van der Waals surface area (Å²) >= 11 is 0. The monoisotopic (exact) mass is 633 g/mol. The third-order valence-electron chi connectivity index (χ3n) is 10.5. The molecule has 7 nitrogen and oxygen atoms in total. The van der Waals surface area contributed by atoms with Crippen molar-refractivity contribution >= 4 is 11.9 Å². The Kier molecular flexibility index (Phi) is 11.1. The molecule has 1 unspecified atom stereocenters. The molecule has 2 fully saturated rings. The van der Waals surface area contributed by atoms with Crippen molar-refractivity contribution in [2.45, 2.75) is 83.0 Å². The summed E-state index contributed by atoms with van der Waals surface area (Å²) < 4.78 is 0. The van der Waals surface area contributed by atoms with Crippen LogP contribution in [0.1, 0.15) is 56.2 Å². The second-order valence-electron chi connectivity index (χ2n) is 14.4. The van der Waals surface area contributed by atoms with E-state index in [0.29, 0.717) is 36.0 Å². The summed E-state index contributed by atoms with van der Waals surface area (Å²) in [7, 11) is 0. The summed E-state index contributed by atoms with van der Waals surface area (Å²) in [5.74, 6) is 2.08. The van der Waals surface area contributed by atoms with Crippen molar-refractivity contribution in [1.29, 1.82) is 5.41 Å². The van der Waals surface area contributed by atoms with E-state index in [0.717, 1.165) is 65.0 Å². The fourth-order valence-corrected chi connectivity index (χ4v) is 7.97. The van der Waals surface area contributed by atoms with Gasteiger partial charge in [0.05, 0.1) is 18.6 Å². The van der Waals surface area contributed by atoms with Crippen LogP contribution in [0.5, 0.6) is 0 Å². The van der Waals surface area contributed by atoms with Gasteiger partial charge in [0.2, 0.25) is 0 Å². The van der Waals surface area contributed by atoms with Crippen molar-refractivity contribution in [3.63, 3.8) is 0 Å². The van der Waals surface area contributed by atoms with Crippen LogP contribution >= 0.6 is 0 Å².